The lowest BCUT2D eigenvalue weighted by Gasteiger charge is -2.35. The molecule has 0 saturated carbocycles. The third-order valence-corrected chi connectivity index (χ3v) is 10.6. The van der Waals surface area contributed by atoms with Gasteiger partial charge in [-0.05, 0) is 44.0 Å². The van der Waals surface area contributed by atoms with Crippen LogP contribution in [0.1, 0.15) is 54.1 Å². The van der Waals surface area contributed by atoms with Crippen molar-refractivity contribution in [2.45, 2.75) is 63.6 Å². The van der Waals surface area contributed by atoms with E-state index in [0.717, 1.165) is 32.5 Å². The molecule has 2 fully saturated rings. The monoisotopic (exact) mass is 927 g/mol. The molecule has 0 radical (unpaired) electrons. The molecule has 2 saturated heterocycles. The van der Waals surface area contributed by atoms with Crippen molar-refractivity contribution in [3.8, 4) is 0 Å². The van der Waals surface area contributed by atoms with Crippen LogP contribution in [0, 0.1) is 5.92 Å². The number of carboxylic acid groups (broad SMARTS) is 1. The van der Waals surface area contributed by atoms with E-state index >= 15 is 0 Å². The number of carbonyl (C=O) groups is 4. The number of fused-ring (bicyclic) bond motifs is 8. The average molecular weight is 929 g/mol. The molecule has 4 atom stereocenters. The molecule has 0 unspecified atom stereocenters. The van der Waals surface area contributed by atoms with Crippen LogP contribution in [0.4, 0.5) is 70.6 Å². The van der Waals surface area contributed by atoms with Gasteiger partial charge in [-0.2, -0.15) is 26.3 Å². The number of ketones is 1. The molecule has 26 heteroatoms. The van der Waals surface area contributed by atoms with Gasteiger partial charge in [-0.1, -0.05) is 30.1 Å². The number of aromatic nitrogens is 6. The predicted octanol–water partition coefficient (Wildman–Crippen LogP) is 6.68. The van der Waals surface area contributed by atoms with Gasteiger partial charge in [0.05, 0.1) is 35.4 Å². The van der Waals surface area contributed by atoms with Crippen LogP contribution < -0.4 is 36.0 Å². The standard InChI is InChI=1S/C19H18ClF3N6O2.C15H13ClN6O3.C3H6F3N/c1-10(19(21,22)23)6-14(30)12-2-3-13-17(26-12)29(11-4-5-28(13)8-11)18(31)27-16-7-15(20)24-9-25-16;16-11-5-12(18-7-17-11)20-15(25)22-8-3-4-21(6-8)10-2-1-9(14(23)24)19-13(10)22;1-2(7)3(4,5)6/h2-3,7,9-11H,4-6,8H2,1H3,(H,24,25,27,31);1-2,5,7-8H,3-4,6H2,(H,23,24)(H,17,18,20,25);2H,7H2,1H3/t10-,11-;8-;2-/m001/s1. The summed E-state index contributed by atoms with van der Waals surface area (Å²) in [5.74, 6) is -2.63. The van der Waals surface area contributed by atoms with Crippen molar-refractivity contribution in [3.05, 3.63) is 70.7 Å². The molecule has 8 heterocycles. The Balaban J connectivity index is 0.000000185. The van der Waals surface area contributed by atoms with Crippen LogP contribution in [0.25, 0.3) is 0 Å². The Labute approximate surface area is 363 Å². The largest absolute Gasteiger partial charge is 0.477 e. The number of aromatic carboxylic acids is 1. The number of anilines is 6. The van der Waals surface area contributed by atoms with E-state index in [1.54, 1.807) is 12.1 Å². The minimum atomic E-state index is -4.47. The van der Waals surface area contributed by atoms with Gasteiger partial charge in [0, 0.05) is 44.7 Å². The maximum absolute atomic E-state index is 13.0. The van der Waals surface area contributed by atoms with Crippen molar-refractivity contribution in [3.63, 3.8) is 0 Å². The van der Waals surface area contributed by atoms with Gasteiger partial charge >= 0.3 is 30.4 Å². The molecule has 18 nitrogen and oxygen atoms in total. The van der Waals surface area contributed by atoms with E-state index in [-0.39, 0.29) is 51.2 Å². The number of amides is 4. The van der Waals surface area contributed by atoms with Gasteiger partial charge in [0.1, 0.15) is 40.3 Å². The molecule has 0 spiro atoms. The van der Waals surface area contributed by atoms with Crippen molar-refractivity contribution in [1.82, 2.24) is 29.9 Å². The molecule has 4 bridgehead atoms. The zero-order valence-electron chi connectivity index (χ0n) is 33.0. The van der Waals surface area contributed by atoms with E-state index in [0.29, 0.717) is 37.6 Å². The first kappa shape index (κ1) is 46.4. The van der Waals surface area contributed by atoms with E-state index in [1.807, 2.05) is 4.90 Å². The number of alkyl halides is 6. The minimum absolute atomic E-state index is 0.0821. The third-order valence-electron chi connectivity index (χ3n) is 10.2. The first-order chi connectivity index (χ1) is 29.6. The highest BCUT2D eigenvalue weighted by atomic mass is 35.5. The number of nitrogens with two attached hydrogens (primary N) is 1. The Bertz CT molecular complexity index is 2380. The molecule has 4 amide bonds. The number of rotatable bonds is 6. The van der Waals surface area contributed by atoms with Crippen LogP contribution in [0.2, 0.25) is 10.3 Å². The lowest BCUT2D eigenvalue weighted by molar-refractivity contribution is -0.168. The van der Waals surface area contributed by atoms with Gasteiger partial charge in [0.2, 0.25) is 0 Å². The summed E-state index contributed by atoms with van der Waals surface area (Å²) >= 11 is 11.6. The Morgan fingerprint density at radius 3 is 1.57 bits per heavy atom. The van der Waals surface area contributed by atoms with E-state index < -0.39 is 54.5 Å². The molecule has 336 valence electrons. The summed E-state index contributed by atoms with van der Waals surface area (Å²) in [5.41, 5.74) is 5.61. The molecule has 4 aromatic rings. The highest BCUT2D eigenvalue weighted by Crippen LogP contribution is 2.41. The van der Waals surface area contributed by atoms with Crippen LogP contribution in [-0.2, 0) is 0 Å². The molecule has 0 aliphatic carbocycles. The van der Waals surface area contributed by atoms with Crippen molar-refractivity contribution < 1.29 is 50.6 Å². The third kappa shape index (κ3) is 10.9. The number of Topliss-reactive ketones (excluding diaryl/α,β-unsaturated/α-hetero) is 1. The quantitative estimate of drug-likeness (QED) is 0.0899. The maximum atomic E-state index is 13.0. The van der Waals surface area contributed by atoms with E-state index in [1.165, 1.54) is 46.7 Å². The van der Waals surface area contributed by atoms with Gasteiger partial charge in [-0.15, -0.1) is 0 Å². The Morgan fingerprint density at radius 2 is 1.17 bits per heavy atom. The number of halogens is 8. The average Bonchev–Trinajstić information content (AvgIpc) is 3.82. The Hall–Kier alpha value is -6.14. The lowest BCUT2D eigenvalue weighted by atomic mass is 10.0. The van der Waals surface area contributed by atoms with Crippen molar-refractivity contribution >= 4 is 81.7 Å². The number of nitrogens with one attached hydrogen (secondary N) is 2. The van der Waals surface area contributed by atoms with Crippen LogP contribution in [0.3, 0.4) is 0 Å². The zero-order valence-corrected chi connectivity index (χ0v) is 34.5. The first-order valence-electron chi connectivity index (χ1n) is 18.9. The van der Waals surface area contributed by atoms with Gasteiger partial charge in [0.15, 0.2) is 23.1 Å². The molecule has 0 aromatic carbocycles. The van der Waals surface area contributed by atoms with E-state index in [9.17, 15) is 50.6 Å². The SMILES string of the molecule is C[C@@H](CC(=O)c1ccc2c(n1)N(C(=O)Nc1cc(Cl)ncn1)[C@H]1CCN2C1)C(F)(F)F.C[C@@H](N)C(F)(F)F.O=C(O)c1ccc2c(n1)N(C(=O)Nc1cc(Cl)ncn1)[C@H]1CCN2C1. The number of pyridine rings is 2. The van der Waals surface area contributed by atoms with Crippen molar-refractivity contribution in [2.75, 3.05) is 56.4 Å². The first-order valence-corrected chi connectivity index (χ1v) is 19.7. The van der Waals surface area contributed by atoms with Gasteiger partial charge < -0.3 is 20.6 Å². The maximum Gasteiger partial charge on any atom is 0.403 e. The zero-order chi connectivity index (χ0) is 46.0. The molecule has 4 aliphatic heterocycles. The highest BCUT2D eigenvalue weighted by molar-refractivity contribution is 6.30. The molecule has 5 N–H and O–H groups in total. The second-order valence-electron chi connectivity index (χ2n) is 14.6. The summed E-state index contributed by atoms with van der Waals surface area (Å²) in [6, 6.07) is 6.05. The summed E-state index contributed by atoms with van der Waals surface area (Å²) in [7, 11) is 0. The lowest BCUT2D eigenvalue weighted by Crippen LogP contribution is -2.48. The van der Waals surface area contributed by atoms with Crippen LogP contribution >= 0.6 is 23.2 Å². The smallest absolute Gasteiger partial charge is 0.403 e. The normalized spacial score (nSPS) is 18.1. The Kier molecular flexibility index (Phi) is 13.7. The number of hydrogen-bond donors (Lipinski definition) is 4. The number of nitrogens with zero attached hydrogens (tertiary/aromatic N) is 10. The fraction of sp³-hybridized carbons (Fsp3) is 0.405. The number of urea groups is 2. The molecule has 4 aromatic heterocycles. The van der Waals surface area contributed by atoms with E-state index in [2.05, 4.69) is 51.2 Å². The summed E-state index contributed by atoms with van der Waals surface area (Å²) in [5, 5.41) is 14.9. The van der Waals surface area contributed by atoms with Crippen LogP contribution in [-0.4, -0.2) is 115 Å². The number of carbonyl (C=O) groups excluding carboxylic acids is 3. The Morgan fingerprint density at radius 1 is 0.746 bits per heavy atom. The summed E-state index contributed by atoms with van der Waals surface area (Å²) in [6.07, 6.45) is -5.50. The summed E-state index contributed by atoms with van der Waals surface area (Å²) < 4.78 is 71.7. The predicted molar refractivity (Wildman–Crippen MR) is 218 cm³/mol. The van der Waals surface area contributed by atoms with Gasteiger partial charge in [0.25, 0.3) is 0 Å². The second kappa shape index (κ2) is 18.7. The van der Waals surface area contributed by atoms with Gasteiger partial charge in [-0.25, -0.2) is 44.3 Å². The number of carboxylic acids is 1. The summed E-state index contributed by atoms with van der Waals surface area (Å²) in [6.45, 7) is 4.61. The fourth-order valence-corrected chi connectivity index (χ4v) is 7.15. The molecular formula is C37H37Cl2F6N13O5. The van der Waals surface area contributed by atoms with Crippen molar-refractivity contribution in [2.24, 2.45) is 11.7 Å². The van der Waals surface area contributed by atoms with Crippen LogP contribution in [0.15, 0.2) is 49.1 Å². The van der Waals surface area contributed by atoms with Crippen molar-refractivity contribution in [1.29, 1.82) is 0 Å². The summed E-state index contributed by atoms with van der Waals surface area (Å²) in [4.78, 5) is 80.5. The van der Waals surface area contributed by atoms with Gasteiger partial charge in [-0.3, -0.25) is 25.2 Å². The number of hydrogen-bond acceptors (Lipinski definition) is 13. The fourth-order valence-electron chi connectivity index (χ4n) is 6.86. The molecule has 4 aliphatic rings. The minimum Gasteiger partial charge on any atom is -0.477 e. The molecule has 63 heavy (non-hydrogen) atoms. The molecular weight excluding hydrogens is 891 g/mol. The topological polar surface area (TPSA) is 229 Å². The second-order valence-corrected chi connectivity index (χ2v) is 15.4. The van der Waals surface area contributed by atoms with Crippen LogP contribution in [0.5, 0.6) is 0 Å². The highest BCUT2D eigenvalue weighted by Gasteiger charge is 2.43. The van der Waals surface area contributed by atoms with E-state index in [4.69, 9.17) is 23.2 Å². The molecule has 8 rings (SSSR count).